The maximum absolute atomic E-state index is 12.7. The fourth-order valence-corrected chi connectivity index (χ4v) is 4.27. The van der Waals surface area contributed by atoms with E-state index in [2.05, 4.69) is 36.7 Å². The number of aromatic nitrogens is 1. The molecule has 34 heavy (non-hydrogen) atoms. The SMILES string of the molecule is CC1CCN(CCc2ccc(F)cc2)CC1.CCCc1ccc(C(=O)c2cccnc2)cc1C. The van der Waals surface area contributed by atoms with E-state index < -0.39 is 0 Å². The van der Waals surface area contributed by atoms with Crippen LogP contribution in [0.4, 0.5) is 4.39 Å². The van der Waals surface area contributed by atoms with Gasteiger partial charge in [0.25, 0.3) is 0 Å². The van der Waals surface area contributed by atoms with Crippen molar-refractivity contribution in [3.63, 3.8) is 0 Å². The Labute approximate surface area is 204 Å². The van der Waals surface area contributed by atoms with Crippen molar-refractivity contribution in [3.05, 3.63) is 101 Å². The standard InChI is InChI=1S/C16H17NO.C14H20FN/c1-3-5-13-7-8-14(10-12(13)2)16(18)15-6-4-9-17-11-15;1-12-6-9-16(10-7-12)11-8-13-2-4-14(15)5-3-13/h4,6-11H,3,5H2,1-2H3;2-5,12H,6-11H2,1H3. The first kappa shape index (κ1) is 25.8. The van der Waals surface area contributed by atoms with Crippen LogP contribution in [0.5, 0.6) is 0 Å². The lowest BCUT2D eigenvalue weighted by Gasteiger charge is -2.30. The zero-order valence-corrected chi connectivity index (χ0v) is 20.8. The summed E-state index contributed by atoms with van der Waals surface area (Å²) >= 11 is 0. The molecule has 1 aromatic heterocycles. The Bertz CT molecular complexity index is 1030. The number of likely N-dealkylation sites (tertiary alicyclic amines) is 1. The Morgan fingerprint density at radius 2 is 1.76 bits per heavy atom. The molecular formula is C30H37FN2O. The number of pyridine rings is 1. The molecule has 0 bridgehead atoms. The average Bonchev–Trinajstić information content (AvgIpc) is 2.86. The van der Waals surface area contributed by atoms with Gasteiger partial charge in [-0.15, -0.1) is 0 Å². The molecule has 2 aromatic carbocycles. The number of carbonyl (C=O) groups excluding carboxylic acids is 1. The second kappa shape index (κ2) is 13.1. The summed E-state index contributed by atoms with van der Waals surface area (Å²) < 4.78 is 12.7. The molecule has 0 N–H and O–H groups in total. The van der Waals surface area contributed by atoms with Gasteiger partial charge >= 0.3 is 0 Å². The number of aryl methyl sites for hydroxylation is 2. The first-order valence-electron chi connectivity index (χ1n) is 12.5. The van der Waals surface area contributed by atoms with Gasteiger partial charge in [0.15, 0.2) is 5.78 Å². The largest absolute Gasteiger partial charge is 0.303 e. The van der Waals surface area contributed by atoms with Crippen LogP contribution in [0.2, 0.25) is 0 Å². The molecule has 1 aliphatic heterocycles. The highest BCUT2D eigenvalue weighted by Crippen LogP contribution is 2.17. The summed E-state index contributed by atoms with van der Waals surface area (Å²) in [6.07, 6.45) is 9.15. The normalized spacial score (nSPS) is 14.4. The van der Waals surface area contributed by atoms with Crippen molar-refractivity contribution in [3.8, 4) is 0 Å². The summed E-state index contributed by atoms with van der Waals surface area (Å²) in [4.78, 5) is 18.7. The second-order valence-electron chi connectivity index (χ2n) is 9.36. The van der Waals surface area contributed by atoms with Crippen LogP contribution in [0.25, 0.3) is 0 Å². The van der Waals surface area contributed by atoms with Crippen LogP contribution in [0.3, 0.4) is 0 Å². The third-order valence-electron chi connectivity index (χ3n) is 6.55. The molecule has 0 amide bonds. The topological polar surface area (TPSA) is 33.2 Å². The van der Waals surface area contributed by atoms with Crippen molar-refractivity contribution in [2.75, 3.05) is 19.6 Å². The fraction of sp³-hybridized carbons (Fsp3) is 0.400. The molecule has 0 spiro atoms. The van der Waals surface area contributed by atoms with Gasteiger partial charge in [0.2, 0.25) is 0 Å². The number of benzene rings is 2. The van der Waals surface area contributed by atoms with Gasteiger partial charge in [-0.25, -0.2) is 4.39 Å². The highest BCUT2D eigenvalue weighted by molar-refractivity contribution is 6.08. The molecule has 3 aromatic rings. The summed E-state index contributed by atoms with van der Waals surface area (Å²) in [5.74, 6) is 0.784. The summed E-state index contributed by atoms with van der Waals surface area (Å²) in [6, 6.07) is 16.4. The van der Waals surface area contributed by atoms with Crippen molar-refractivity contribution in [1.29, 1.82) is 0 Å². The Hall–Kier alpha value is -2.85. The molecule has 0 radical (unpaired) electrons. The molecule has 1 fully saturated rings. The van der Waals surface area contributed by atoms with E-state index in [1.807, 2.05) is 24.3 Å². The van der Waals surface area contributed by atoms with Crippen molar-refractivity contribution in [2.45, 2.75) is 52.9 Å². The number of hydrogen-bond donors (Lipinski definition) is 0. The lowest BCUT2D eigenvalue weighted by molar-refractivity contribution is 0.103. The van der Waals surface area contributed by atoms with E-state index >= 15 is 0 Å². The number of halogens is 1. The van der Waals surface area contributed by atoms with Gasteiger partial charge in [-0.05, 0) is 98.6 Å². The average molecular weight is 461 g/mol. The second-order valence-corrected chi connectivity index (χ2v) is 9.36. The minimum absolute atomic E-state index is 0.0363. The van der Waals surface area contributed by atoms with Crippen LogP contribution >= 0.6 is 0 Å². The van der Waals surface area contributed by atoms with Crippen LogP contribution in [0, 0.1) is 18.7 Å². The number of hydrogen-bond acceptors (Lipinski definition) is 3. The molecule has 0 aliphatic carbocycles. The van der Waals surface area contributed by atoms with E-state index in [1.165, 1.54) is 42.6 Å². The lowest BCUT2D eigenvalue weighted by atomic mass is 9.97. The first-order valence-corrected chi connectivity index (χ1v) is 12.5. The van der Waals surface area contributed by atoms with Gasteiger partial charge < -0.3 is 4.90 Å². The molecule has 1 saturated heterocycles. The molecule has 0 saturated carbocycles. The van der Waals surface area contributed by atoms with Crippen molar-refractivity contribution in [1.82, 2.24) is 9.88 Å². The maximum Gasteiger partial charge on any atom is 0.194 e. The van der Waals surface area contributed by atoms with Gasteiger partial charge in [0, 0.05) is 30.1 Å². The number of piperidine rings is 1. The highest BCUT2D eigenvalue weighted by atomic mass is 19.1. The lowest BCUT2D eigenvalue weighted by Crippen LogP contribution is -2.34. The fourth-order valence-electron chi connectivity index (χ4n) is 4.27. The molecule has 0 unspecified atom stereocenters. The minimum Gasteiger partial charge on any atom is -0.303 e. The quantitative estimate of drug-likeness (QED) is 0.369. The summed E-state index contributed by atoms with van der Waals surface area (Å²) in [5.41, 5.74) is 5.12. The third kappa shape index (κ3) is 7.88. The number of ketones is 1. The van der Waals surface area contributed by atoms with E-state index in [1.54, 1.807) is 36.7 Å². The Kier molecular flexibility index (Phi) is 9.96. The molecule has 2 heterocycles. The monoisotopic (exact) mass is 460 g/mol. The Morgan fingerprint density at radius 1 is 1.03 bits per heavy atom. The van der Waals surface area contributed by atoms with E-state index in [9.17, 15) is 9.18 Å². The maximum atomic E-state index is 12.7. The minimum atomic E-state index is -0.143. The summed E-state index contributed by atoms with van der Waals surface area (Å²) in [6.45, 7) is 10.1. The van der Waals surface area contributed by atoms with E-state index in [4.69, 9.17) is 0 Å². The van der Waals surface area contributed by atoms with E-state index in [-0.39, 0.29) is 11.6 Å². The first-order chi connectivity index (χ1) is 16.5. The van der Waals surface area contributed by atoms with Gasteiger partial charge in [-0.2, -0.15) is 0 Å². The Balaban J connectivity index is 0.000000192. The molecule has 1 aliphatic rings. The number of rotatable bonds is 7. The van der Waals surface area contributed by atoms with Crippen molar-refractivity contribution in [2.24, 2.45) is 5.92 Å². The molecule has 0 atom stereocenters. The predicted molar refractivity (Wildman–Crippen MR) is 138 cm³/mol. The van der Waals surface area contributed by atoms with Crippen LogP contribution in [0.1, 0.15) is 65.7 Å². The number of nitrogens with zero attached hydrogens (tertiary/aromatic N) is 2. The van der Waals surface area contributed by atoms with Crippen LogP contribution in [0.15, 0.2) is 67.0 Å². The highest BCUT2D eigenvalue weighted by Gasteiger charge is 2.15. The van der Waals surface area contributed by atoms with Crippen molar-refractivity contribution >= 4 is 5.78 Å². The van der Waals surface area contributed by atoms with Crippen molar-refractivity contribution < 1.29 is 9.18 Å². The van der Waals surface area contributed by atoms with Gasteiger partial charge in [-0.3, -0.25) is 9.78 Å². The van der Waals surface area contributed by atoms with Crippen LogP contribution in [-0.2, 0) is 12.8 Å². The smallest absolute Gasteiger partial charge is 0.194 e. The van der Waals surface area contributed by atoms with Gasteiger partial charge in [-0.1, -0.05) is 44.5 Å². The van der Waals surface area contributed by atoms with Gasteiger partial charge in [0.05, 0.1) is 0 Å². The molecule has 4 heteroatoms. The van der Waals surface area contributed by atoms with Crippen LogP contribution < -0.4 is 0 Å². The number of carbonyl (C=O) groups is 1. The van der Waals surface area contributed by atoms with Gasteiger partial charge in [0.1, 0.15) is 5.82 Å². The third-order valence-corrected chi connectivity index (χ3v) is 6.55. The molecule has 3 nitrogen and oxygen atoms in total. The zero-order valence-electron chi connectivity index (χ0n) is 20.8. The zero-order chi connectivity index (χ0) is 24.3. The summed E-state index contributed by atoms with van der Waals surface area (Å²) in [7, 11) is 0. The molecule has 4 rings (SSSR count). The van der Waals surface area contributed by atoms with E-state index in [0.717, 1.165) is 37.3 Å². The summed E-state index contributed by atoms with van der Waals surface area (Å²) in [5, 5.41) is 0. The van der Waals surface area contributed by atoms with Crippen LogP contribution in [-0.4, -0.2) is 35.3 Å². The molecule has 180 valence electrons. The Morgan fingerprint density at radius 3 is 2.38 bits per heavy atom. The predicted octanol–water partition coefficient (Wildman–Crippen LogP) is 6.67. The van der Waals surface area contributed by atoms with E-state index in [0.29, 0.717) is 5.56 Å². The molecular weight excluding hydrogens is 423 g/mol.